The quantitative estimate of drug-likeness (QED) is 0.783. The van der Waals surface area contributed by atoms with Crippen LogP contribution in [0.5, 0.6) is 0 Å². The van der Waals surface area contributed by atoms with Gasteiger partial charge in [0.15, 0.2) is 17.9 Å². The number of rotatable bonds is 2. The fraction of sp³-hybridized carbons (Fsp3) is 0.533. The van der Waals surface area contributed by atoms with Gasteiger partial charge in [-0.15, -0.1) is 0 Å². The van der Waals surface area contributed by atoms with E-state index >= 15 is 0 Å². The van der Waals surface area contributed by atoms with Gasteiger partial charge in [-0.3, -0.25) is 4.79 Å². The van der Waals surface area contributed by atoms with Crippen LogP contribution in [0, 0.1) is 5.82 Å². The van der Waals surface area contributed by atoms with Gasteiger partial charge in [-0.25, -0.2) is 14.2 Å². The van der Waals surface area contributed by atoms with E-state index in [-0.39, 0.29) is 17.5 Å². The van der Waals surface area contributed by atoms with Gasteiger partial charge in [-0.05, 0) is 26.8 Å². The van der Waals surface area contributed by atoms with Crippen LogP contribution >= 0.6 is 0 Å². The van der Waals surface area contributed by atoms with Crippen molar-refractivity contribution in [3.05, 3.63) is 23.6 Å². The van der Waals surface area contributed by atoms with Gasteiger partial charge in [0.05, 0.1) is 0 Å². The first-order valence-electron chi connectivity index (χ1n) is 7.14. The van der Waals surface area contributed by atoms with Crippen LogP contribution < -0.4 is 4.90 Å². The number of anilines is 1. The standard InChI is InChI=1S/C15H20FN3O3/c1-15(2,3)22-14(21)19-6-4-18(5-7-19)13-12(16)8-11(10-20)9-17-13/h8-10H,4-7H2,1-3H3. The Morgan fingerprint density at radius 2 is 1.95 bits per heavy atom. The molecule has 6 nitrogen and oxygen atoms in total. The first-order chi connectivity index (χ1) is 10.3. The Morgan fingerprint density at radius 1 is 1.32 bits per heavy atom. The Balaban J connectivity index is 1.97. The van der Waals surface area contributed by atoms with Crippen LogP contribution in [0.4, 0.5) is 15.0 Å². The molecule has 1 saturated heterocycles. The number of halogens is 1. The van der Waals surface area contributed by atoms with E-state index in [4.69, 9.17) is 4.74 Å². The normalized spacial score (nSPS) is 15.6. The Labute approximate surface area is 128 Å². The van der Waals surface area contributed by atoms with Crippen molar-refractivity contribution >= 4 is 18.2 Å². The largest absolute Gasteiger partial charge is 0.444 e. The molecule has 0 saturated carbocycles. The third-order valence-electron chi connectivity index (χ3n) is 3.21. The van der Waals surface area contributed by atoms with E-state index in [2.05, 4.69) is 4.98 Å². The van der Waals surface area contributed by atoms with Crippen molar-refractivity contribution < 1.29 is 18.7 Å². The molecule has 0 aromatic carbocycles. The summed E-state index contributed by atoms with van der Waals surface area (Å²) in [5.41, 5.74) is -0.333. The average molecular weight is 309 g/mol. The van der Waals surface area contributed by atoms with E-state index < -0.39 is 11.4 Å². The maximum absolute atomic E-state index is 13.9. The molecule has 0 unspecified atom stereocenters. The summed E-state index contributed by atoms with van der Waals surface area (Å²) in [6.07, 6.45) is 1.53. The van der Waals surface area contributed by atoms with Crippen molar-refractivity contribution in [2.45, 2.75) is 26.4 Å². The van der Waals surface area contributed by atoms with Gasteiger partial charge in [-0.1, -0.05) is 0 Å². The first kappa shape index (κ1) is 16.2. The van der Waals surface area contributed by atoms with E-state index in [1.165, 1.54) is 6.20 Å². The van der Waals surface area contributed by atoms with Crippen molar-refractivity contribution in [2.24, 2.45) is 0 Å². The van der Waals surface area contributed by atoms with Gasteiger partial charge in [0.2, 0.25) is 0 Å². The molecule has 0 atom stereocenters. The zero-order valence-electron chi connectivity index (χ0n) is 13.0. The van der Waals surface area contributed by atoms with Gasteiger partial charge in [-0.2, -0.15) is 0 Å². The number of piperazine rings is 1. The smallest absolute Gasteiger partial charge is 0.410 e. The lowest BCUT2D eigenvalue weighted by Gasteiger charge is -2.36. The van der Waals surface area contributed by atoms with Crippen LogP contribution in [0.15, 0.2) is 12.3 Å². The third kappa shape index (κ3) is 3.93. The summed E-state index contributed by atoms with van der Waals surface area (Å²) in [5, 5.41) is 0. The fourth-order valence-electron chi connectivity index (χ4n) is 2.17. The molecule has 1 aliphatic heterocycles. The van der Waals surface area contributed by atoms with Gasteiger partial charge in [0, 0.05) is 37.9 Å². The number of hydrogen-bond acceptors (Lipinski definition) is 5. The molecule has 0 spiro atoms. The molecule has 7 heteroatoms. The van der Waals surface area contributed by atoms with Gasteiger partial charge in [0.1, 0.15) is 5.60 Å². The molecule has 1 aliphatic rings. The molecule has 2 rings (SSSR count). The molecule has 0 bridgehead atoms. The summed E-state index contributed by atoms with van der Waals surface area (Å²) in [5.74, 6) is -0.329. The Morgan fingerprint density at radius 3 is 2.45 bits per heavy atom. The molecule has 22 heavy (non-hydrogen) atoms. The monoisotopic (exact) mass is 309 g/mol. The lowest BCUT2D eigenvalue weighted by Crippen LogP contribution is -2.50. The maximum Gasteiger partial charge on any atom is 0.410 e. The van der Waals surface area contributed by atoms with Crippen LogP contribution in [-0.2, 0) is 4.74 Å². The molecule has 0 N–H and O–H groups in total. The number of pyridine rings is 1. The van der Waals surface area contributed by atoms with E-state index in [1.807, 2.05) is 20.8 Å². The number of aldehydes is 1. The van der Waals surface area contributed by atoms with E-state index in [9.17, 15) is 14.0 Å². The minimum absolute atomic E-state index is 0.202. The molecule has 0 radical (unpaired) electrons. The number of amides is 1. The van der Waals surface area contributed by atoms with Crippen molar-refractivity contribution in [1.82, 2.24) is 9.88 Å². The summed E-state index contributed by atoms with van der Waals surface area (Å²) in [6.45, 7) is 7.24. The predicted molar refractivity (Wildman–Crippen MR) is 79.6 cm³/mol. The minimum atomic E-state index is -0.535. The van der Waals surface area contributed by atoms with Gasteiger partial charge < -0.3 is 14.5 Å². The van der Waals surface area contributed by atoms with Crippen molar-refractivity contribution in [2.75, 3.05) is 31.1 Å². The predicted octanol–water partition coefficient (Wildman–Crippen LogP) is 2.09. The zero-order chi connectivity index (χ0) is 16.3. The molecule has 120 valence electrons. The highest BCUT2D eigenvalue weighted by molar-refractivity contribution is 5.74. The molecule has 1 amide bonds. The Bertz CT molecular complexity index is 564. The van der Waals surface area contributed by atoms with Crippen LogP contribution in [0.3, 0.4) is 0 Å². The van der Waals surface area contributed by atoms with Crippen molar-refractivity contribution in [3.8, 4) is 0 Å². The highest BCUT2D eigenvalue weighted by Gasteiger charge is 2.27. The lowest BCUT2D eigenvalue weighted by atomic mass is 10.2. The van der Waals surface area contributed by atoms with Crippen LogP contribution in [0.1, 0.15) is 31.1 Å². The number of carbonyl (C=O) groups excluding carboxylic acids is 2. The summed E-state index contributed by atoms with van der Waals surface area (Å²) in [7, 11) is 0. The fourth-order valence-corrected chi connectivity index (χ4v) is 2.17. The molecule has 0 aliphatic carbocycles. The topological polar surface area (TPSA) is 62.7 Å². The van der Waals surface area contributed by atoms with Gasteiger partial charge in [0.25, 0.3) is 0 Å². The lowest BCUT2D eigenvalue weighted by molar-refractivity contribution is 0.0240. The van der Waals surface area contributed by atoms with Crippen LogP contribution in [0.25, 0.3) is 0 Å². The molecule has 1 aromatic rings. The number of carbonyl (C=O) groups is 2. The first-order valence-corrected chi connectivity index (χ1v) is 7.14. The number of ether oxygens (including phenoxy) is 1. The molecular formula is C15H20FN3O3. The van der Waals surface area contributed by atoms with Gasteiger partial charge >= 0.3 is 6.09 Å². The Hall–Kier alpha value is -2.18. The zero-order valence-corrected chi connectivity index (χ0v) is 13.0. The highest BCUT2D eigenvalue weighted by atomic mass is 19.1. The molecular weight excluding hydrogens is 289 g/mol. The second kappa shape index (κ2) is 6.29. The minimum Gasteiger partial charge on any atom is -0.444 e. The second-order valence-corrected chi connectivity index (χ2v) is 6.15. The SMILES string of the molecule is CC(C)(C)OC(=O)N1CCN(c2ncc(C=O)cc2F)CC1. The molecule has 2 heterocycles. The van der Waals surface area contributed by atoms with Crippen LogP contribution in [-0.4, -0.2) is 54.0 Å². The third-order valence-corrected chi connectivity index (χ3v) is 3.21. The number of hydrogen-bond donors (Lipinski definition) is 0. The van der Waals surface area contributed by atoms with Crippen molar-refractivity contribution in [3.63, 3.8) is 0 Å². The van der Waals surface area contributed by atoms with E-state index in [1.54, 1.807) is 9.80 Å². The summed E-state index contributed by atoms with van der Waals surface area (Å²) < 4.78 is 19.2. The molecule has 1 fully saturated rings. The maximum atomic E-state index is 13.9. The highest BCUT2D eigenvalue weighted by Crippen LogP contribution is 2.19. The Kier molecular flexibility index (Phi) is 4.63. The molecule has 1 aromatic heterocycles. The summed E-state index contributed by atoms with van der Waals surface area (Å²) in [4.78, 5) is 29.9. The summed E-state index contributed by atoms with van der Waals surface area (Å²) in [6, 6.07) is 1.16. The second-order valence-electron chi connectivity index (χ2n) is 6.15. The average Bonchev–Trinajstić information content (AvgIpc) is 2.45. The number of aromatic nitrogens is 1. The summed E-state index contributed by atoms with van der Waals surface area (Å²) >= 11 is 0. The number of nitrogens with zero attached hydrogens (tertiary/aromatic N) is 3. The van der Waals surface area contributed by atoms with Crippen LogP contribution in [0.2, 0.25) is 0 Å². The van der Waals surface area contributed by atoms with E-state index in [0.29, 0.717) is 32.5 Å². The van der Waals surface area contributed by atoms with E-state index in [0.717, 1.165) is 6.07 Å². The van der Waals surface area contributed by atoms with Crippen molar-refractivity contribution in [1.29, 1.82) is 0 Å².